The number of carbonyl (C=O) groups is 13. The number of fused-ring (bicyclic) bond motifs is 12. The van der Waals surface area contributed by atoms with Crippen molar-refractivity contribution in [3.05, 3.63) is 212 Å². The molecule has 16 atom stereocenters. The summed E-state index contributed by atoms with van der Waals surface area (Å²) in [6.07, 6.45) is 18.4. The maximum atomic E-state index is 14.0. The fourth-order valence-corrected chi connectivity index (χ4v) is 26.3. The highest BCUT2D eigenvalue weighted by Gasteiger charge is 2.70. The molecule has 40 nitrogen and oxygen atoms in total. The van der Waals surface area contributed by atoms with Crippen molar-refractivity contribution in [1.29, 1.82) is 0 Å². The largest absolute Gasteiger partial charge is 0.508 e. The zero-order chi connectivity index (χ0) is 110. The van der Waals surface area contributed by atoms with E-state index >= 15 is 0 Å². The van der Waals surface area contributed by atoms with Crippen LogP contribution in [0, 0.1) is 53.3 Å². The number of carbonyl (C=O) groups excluding carboxylic acids is 13. The minimum Gasteiger partial charge on any atom is -0.508 e. The number of nitrogens with zero attached hydrogens (tertiary/aromatic N) is 5. The summed E-state index contributed by atoms with van der Waals surface area (Å²) in [5, 5.41) is 182. The molecule has 27 N–H and O–H groups in total. The van der Waals surface area contributed by atoms with Gasteiger partial charge in [0.1, 0.15) is 91.4 Å². The van der Waals surface area contributed by atoms with Gasteiger partial charge in [-0.05, 0) is 245 Å². The number of unbranched alkanes of at least 4 members (excludes halogenated alkanes) is 3. The number of nitrogens with two attached hydrogens (primary N) is 5. The van der Waals surface area contributed by atoms with Gasteiger partial charge in [-0.25, -0.2) is 0 Å². The lowest BCUT2D eigenvalue weighted by atomic mass is 9.57. The molecule has 13 aliphatic carbocycles. The van der Waals surface area contributed by atoms with Gasteiger partial charge in [0.05, 0.1) is 52.0 Å². The molecule has 800 valence electrons. The van der Waals surface area contributed by atoms with Gasteiger partial charge in [-0.15, -0.1) is 0 Å². The Balaban J connectivity index is 0.000000150. The maximum Gasteiger partial charge on any atom is 0.255 e. The number of amides is 5. The number of aromatic nitrogens is 1. The second-order valence-electron chi connectivity index (χ2n) is 42.5. The van der Waals surface area contributed by atoms with Gasteiger partial charge < -0.3 is 116 Å². The van der Waals surface area contributed by atoms with Crippen molar-refractivity contribution in [3.63, 3.8) is 0 Å². The molecule has 1 heterocycles. The van der Waals surface area contributed by atoms with E-state index in [-0.39, 0.29) is 119 Å². The number of hydrogen-bond donors (Lipinski definition) is 22. The molecule has 5 saturated carbocycles. The summed E-state index contributed by atoms with van der Waals surface area (Å²) in [5.41, 5.74) is 20.4. The number of aliphatic hydroxyl groups is 12. The van der Waals surface area contributed by atoms with E-state index in [0.717, 1.165) is 78.3 Å². The molecule has 18 rings (SSSR count). The Hall–Kier alpha value is -14.1. The van der Waals surface area contributed by atoms with Gasteiger partial charge >= 0.3 is 0 Å². The zero-order valence-corrected chi connectivity index (χ0v) is 85.3. The van der Waals surface area contributed by atoms with Crippen LogP contribution in [0.3, 0.4) is 0 Å². The molecule has 13 aliphatic rings. The molecule has 4 aromatic carbocycles. The highest BCUT2D eigenvalue weighted by atomic mass is 16.4. The number of pyridine rings is 1. The Morgan fingerprint density at radius 2 is 0.720 bits per heavy atom. The van der Waals surface area contributed by atoms with Gasteiger partial charge in [0.2, 0.25) is 23.1 Å². The highest BCUT2D eigenvalue weighted by Crippen LogP contribution is 2.60. The lowest BCUT2D eigenvalue weighted by Gasteiger charge is -2.50. The summed E-state index contributed by atoms with van der Waals surface area (Å²) in [5.74, 6) is -26.0. The van der Waals surface area contributed by atoms with E-state index in [1.54, 1.807) is 80.6 Å². The van der Waals surface area contributed by atoms with Gasteiger partial charge in [-0.3, -0.25) is 86.9 Å². The molecule has 150 heavy (non-hydrogen) atoms. The highest BCUT2D eigenvalue weighted by molar-refractivity contribution is 6.28. The summed E-state index contributed by atoms with van der Waals surface area (Å²) in [7, 11) is 12.6. The second-order valence-corrected chi connectivity index (χ2v) is 42.5. The lowest BCUT2D eigenvalue weighted by Crippen LogP contribution is -2.65. The quantitative estimate of drug-likeness (QED) is 0.0304. The Kier molecular flexibility index (Phi) is 30.6. The molecule has 0 spiro atoms. The third kappa shape index (κ3) is 17.7. The Morgan fingerprint density at radius 1 is 0.400 bits per heavy atom. The number of phenols is 4. The Morgan fingerprint density at radius 3 is 1.03 bits per heavy atom. The molecule has 0 unspecified atom stereocenters. The molecule has 0 aliphatic heterocycles. The molecule has 0 saturated heterocycles. The van der Waals surface area contributed by atoms with E-state index in [2.05, 4.69) is 17.2 Å². The third-order valence-electron chi connectivity index (χ3n) is 33.4. The van der Waals surface area contributed by atoms with E-state index in [9.17, 15) is 144 Å². The van der Waals surface area contributed by atoms with Crippen molar-refractivity contribution in [3.8, 4) is 23.0 Å². The van der Waals surface area contributed by atoms with Crippen LogP contribution in [0.1, 0.15) is 199 Å². The maximum absolute atomic E-state index is 14.0. The molecule has 5 aromatic rings. The number of primary amides is 4. The Bertz CT molecular complexity index is 6870. The fourth-order valence-electron chi connectivity index (χ4n) is 26.3. The molecular weight excluding hydrogens is 1940 g/mol. The van der Waals surface area contributed by atoms with Crippen LogP contribution in [0.15, 0.2) is 129 Å². The summed E-state index contributed by atoms with van der Waals surface area (Å²) >= 11 is 0. The number of phenolic OH excluding ortho intramolecular Hbond substituents is 4. The van der Waals surface area contributed by atoms with Crippen LogP contribution in [-0.2, 0) is 122 Å². The molecule has 5 fully saturated rings. The van der Waals surface area contributed by atoms with Crippen LogP contribution >= 0.6 is 0 Å². The van der Waals surface area contributed by atoms with Crippen LogP contribution in [0.25, 0.3) is 23.0 Å². The minimum atomic E-state index is -2.71. The number of ketones is 8. The monoisotopic (exact) mass is 2070 g/mol. The first kappa shape index (κ1) is 110. The van der Waals surface area contributed by atoms with Crippen molar-refractivity contribution in [2.24, 2.45) is 81.9 Å². The van der Waals surface area contributed by atoms with Crippen LogP contribution in [0.2, 0.25) is 0 Å². The van der Waals surface area contributed by atoms with Crippen molar-refractivity contribution >= 4 is 98.8 Å². The minimum absolute atomic E-state index is 0.00346. The number of hydrogen-bond acceptors (Lipinski definition) is 35. The van der Waals surface area contributed by atoms with E-state index in [0.29, 0.717) is 59.4 Å². The molecule has 0 radical (unpaired) electrons. The number of aryl methyl sites for hydroxylation is 4. The number of rotatable bonds is 22. The normalized spacial score (nSPS) is 27.8. The number of Topliss-reactive ketones (excluding diaryl/α,β-unsaturated/α-hetero) is 8. The SMILES string of the molecule is CCCCCCc1ccc(O)c2c1C[C@H]1C[C@H]3[C@H](N(C)C)C(=O)C(C(N)=O)=C(O)[C@@]3(O)C(=O)C1=C2O.CCc1cc(CN)c(O)c2c1C[C@H]1C[C@H]3[C@H](N(C)C)C(=O)C(C(N)=O)=C(O)[C@@]3(O)C(=O)C1=C2O.CCc1cc(CNC(=O)c2cccnc2)c(O)c2c1C[C@H]1C[C@H]3[C@H](N(C)C)C(=O)C(C(N)=O)=C(O)[C@@]3(O)C(=O)C1=C2O.CN(C)[C@@H]1C(=O)C(C(N)=O)=C(O)[C@@]2(O)C(=O)C3=C(O)c4c(O)ccc(CCC5CCCCC5)c4C[C@H]3C[C@@H]12. The number of aliphatic hydroxyl groups excluding tert-OH is 8. The molecular formula is C110H131N11O29. The first-order valence-corrected chi connectivity index (χ1v) is 50.6. The van der Waals surface area contributed by atoms with Gasteiger partial charge in [-0.1, -0.05) is 96.4 Å². The molecule has 0 bridgehead atoms. The van der Waals surface area contributed by atoms with E-state index in [4.69, 9.17) is 28.7 Å². The van der Waals surface area contributed by atoms with Crippen molar-refractivity contribution in [2.75, 3.05) is 56.4 Å². The molecule has 5 amide bonds. The average Bonchev–Trinajstić information content (AvgIpc) is 0.710. The first-order chi connectivity index (χ1) is 70.7. The van der Waals surface area contributed by atoms with Gasteiger partial charge in [0.15, 0.2) is 45.5 Å². The first-order valence-electron chi connectivity index (χ1n) is 50.6. The fraction of sp³-hybridized carbons (Fsp3) is 0.473. The standard InChI is InChI=1S/C30H32N4O8.C29H36N2O7.C27H34N2O7.C24H29N3O7/c1-4-13-8-16(12-33-29(41)14-6-5-7-32-11-14)23(35)20-17(13)9-15-10-18-22(34(2)3)25(37)21(28(31)40)27(39)30(18,42)26(38)19(15)24(20)36;1-31(2)23-18-13-16-12-17-15(9-8-14-6-4-3-5-7-14)10-11-19(32)21(17)24(33)20(16)26(35)29(18,38)27(36)22(25(23)34)28(30)37;1-4-5-6-7-8-13-9-10-17(30)19-15(13)11-14-12-16-21(29(2)3)23(32)20(26(28)35)25(34)27(16,36)24(33)18(14)22(19)31;1-4-9-5-11(8-25)18(28)15-12(9)6-10-7-13-17(27(2)3)20(30)16(23(26)33)22(32)24(13,34)21(31)14(10)19(15)29/h5-8,11,15,18,22,35-36,39,42H,4,9-10,12H2,1-3H3,(H2,31,40)(H,33,41);10-11,14,16,18,23,32-33,36,38H,3-9,12-13H2,1-2H3,(H2,30,37);9-10,14,16,21,30-31,34,36H,4-8,11-12H2,1-3H3,(H2,28,35);5,10,13,17,28-29,32,34H,4,6-8,25H2,1-3H3,(H2,26,33)/t15-,18-,22-,30-;16-,18-,23-,29-;14-,16-,21-,27-;10-,13-,17-,24-/m0000/s1. The predicted molar refractivity (Wildman–Crippen MR) is 542 cm³/mol. The number of likely N-dealkylation sites (N-methyl/N-ethyl adjacent to an activating group) is 4. The van der Waals surface area contributed by atoms with Gasteiger partial charge in [0.25, 0.3) is 29.5 Å². The molecule has 1 aromatic heterocycles. The number of aromatic hydroxyl groups is 4. The number of benzene rings is 4. The van der Waals surface area contributed by atoms with E-state index in [1.165, 1.54) is 76.2 Å². The molecule has 40 heteroatoms. The van der Waals surface area contributed by atoms with Crippen LogP contribution in [0.4, 0.5) is 0 Å². The van der Waals surface area contributed by atoms with Crippen molar-refractivity contribution < 1.29 is 144 Å². The van der Waals surface area contributed by atoms with E-state index in [1.807, 2.05) is 26.0 Å². The second kappa shape index (κ2) is 41.7. The summed E-state index contributed by atoms with van der Waals surface area (Å²) in [4.78, 5) is 179. The van der Waals surface area contributed by atoms with E-state index < -0.39 is 238 Å². The zero-order valence-electron chi connectivity index (χ0n) is 85.3. The average molecular weight is 2070 g/mol. The lowest BCUT2D eigenvalue weighted by molar-refractivity contribution is -0.155. The topological polar surface area (TPSA) is 714 Å². The van der Waals surface area contributed by atoms with Crippen molar-refractivity contribution in [2.45, 2.75) is 222 Å². The third-order valence-corrected chi connectivity index (χ3v) is 33.4. The smallest absolute Gasteiger partial charge is 0.255 e. The predicted octanol–water partition coefficient (Wildman–Crippen LogP) is 5.40. The van der Waals surface area contributed by atoms with Crippen LogP contribution < -0.4 is 34.0 Å². The Labute approximate surface area is 863 Å². The van der Waals surface area contributed by atoms with Crippen LogP contribution in [-0.4, -0.2) is 285 Å². The number of nitrogens with one attached hydrogen (secondary N) is 1. The summed E-state index contributed by atoms with van der Waals surface area (Å²) in [6.45, 7) is 5.86. The van der Waals surface area contributed by atoms with Crippen LogP contribution in [0.5, 0.6) is 23.0 Å². The van der Waals surface area contributed by atoms with Gasteiger partial charge in [0, 0.05) is 82.6 Å². The van der Waals surface area contributed by atoms with Gasteiger partial charge in [-0.2, -0.15) is 0 Å². The summed E-state index contributed by atoms with van der Waals surface area (Å²) in [6, 6.07) is 9.00. The summed E-state index contributed by atoms with van der Waals surface area (Å²) < 4.78 is 0. The van der Waals surface area contributed by atoms with Crippen molar-refractivity contribution in [1.82, 2.24) is 29.9 Å².